The minimum absolute atomic E-state index is 0.646. The summed E-state index contributed by atoms with van der Waals surface area (Å²) in [5.74, 6) is 3.40. The van der Waals surface area contributed by atoms with Gasteiger partial charge in [-0.3, -0.25) is 0 Å². The van der Waals surface area contributed by atoms with E-state index in [1.54, 1.807) is 0 Å². The summed E-state index contributed by atoms with van der Waals surface area (Å²) in [6, 6.07) is 154. The molecule has 27 aromatic rings. The summed E-state index contributed by atoms with van der Waals surface area (Å²) >= 11 is 5.60. The van der Waals surface area contributed by atoms with E-state index in [1.165, 1.54) is 82.4 Å². The van der Waals surface area contributed by atoms with Crippen LogP contribution in [0.1, 0.15) is 0 Å². The monoisotopic (exact) mass is 1770 g/mol. The number of nitrogens with zero attached hydrogens (tertiary/aromatic N) is 8. The molecule has 0 unspecified atom stereocenters. The van der Waals surface area contributed by atoms with Crippen LogP contribution in [0.4, 0.5) is 0 Å². The minimum atomic E-state index is 0.646. The average Bonchev–Trinajstić information content (AvgIpc) is 1.57. The van der Waals surface area contributed by atoms with Crippen molar-refractivity contribution in [1.82, 2.24) is 39.5 Å². The molecule has 0 saturated heterocycles. The molecule has 628 valence electrons. The number of hydrogen-bond donors (Lipinski definition) is 0. The molecule has 0 spiro atoms. The Hall–Kier alpha value is -17.1. The van der Waals surface area contributed by atoms with Crippen LogP contribution in [-0.2, 0) is 0 Å². The molecule has 0 fully saturated rings. The quantitative estimate of drug-likeness (QED) is 0.111. The van der Waals surface area contributed by atoms with E-state index >= 15 is 0 Å². The van der Waals surface area contributed by atoms with Gasteiger partial charge in [0.2, 0.25) is 0 Å². The molecular weight excluding hydrogens is 1690 g/mol. The largest absolute Gasteiger partial charge is 0.456 e. The molecule has 9 aromatic heterocycles. The first-order valence-electron chi connectivity index (χ1n) is 44.6. The molecule has 18 aromatic carbocycles. The van der Waals surface area contributed by atoms with Crippen LogP contribution in [0.5, 0.6) is 0 Å². The maximum absolute atomic E-state index is 6.32. The van der Waals surface area contributed by atoms with Crippen molar-refractivity contribution < 1.29 is 8.83 Å². The molecule has 0 aliphatic heterocycles. The SMILES string of the molecule is c1ccc(-c2cc(-c3ccc(-c4cccc5c4sc4ccc6sc7ccccc7c6c45)cc3)nc(-c3ccccc3)n2)cc1.c1ccc(-c2cc(-c3ccc(-n4ccc5cc(-c6cccc7c6oc6ccccc67)ccc54)cc3)nc(-c3ccccc3)n2)cc1.c1ccc(-c2nc(-c3ccccc3)nc(-c3cccc(-c4ccc5sc6ccc7oc8ccccc8c7c6c5c4)c3)n2)cc1. The third-order valence-electron chi connectivity index (χ3n) is 25.1. The third-order valence-corrected chi connectivity index (χ3v) is 28.6. The van der Waals surface area contributed by atoms with Gasteiger partial charge in [-0.15, -0.1) is 34.0 Å². The zero-order valence-electron chi connectivity index (χ0n) is 71.8. The van der Waals surface area contributed by atoms with Crippen LogP contribution in [0.2, 0.25) is 0 Å². The number of rotatable bonds is 13. The second-order valence-corrected chi connectivity index (χ2v) is 36.5. The van der Waals surface area contributed by atoms with E-state index < -0.39 is 0 Å². The summed E-state index contributed by atoms with van der Waals surface area (Å²) in [5, 5.41) is 13.7. The predicted octanol–water partition coefficient (Wildman–Crippen LogP) is 33.7. The fraction of sp³-hybridized carbons (Fsp3) is 0. The Balaban J connectivity index is 0.000000108. The highest BCUT2D eigenvalue weighted by Gasteiger charge is 2.23. The second-order valence-electron chi connectivity index (χ2n) is 33.3. The molecule has 0 atom stereocenters. The zero-order valence-corrected chi connectivity index (χ0v) is 74.3. The van der Waals surface area contributed by atoms with Crippen molar-refractivity contribution in [3.05, 3.63) is 449 Å². The van der Waals surface area contributed by atoms with Crippen molar-refractivity contribution in [3.63, 3.8) is 0 Å². The Kier molecular flexibility index (Phi) is 19.9. The van der Waals surface area contributed by atoms with Gasteiger partial charge in [0.25, 0.3) is 0 Å². The predicted molar refractivity (Wildman–Crippen MR) is 559 cm³/mol. The summed E-state index contributed by atoms with van der Waals surface area (Å²) in [4.78, 5) is 34.6. The molecule has 0 aliphatic carbocycles. The number of fused-ring (bicyclic) bond motifs is 18. The second kappa shape index (κ2) is 33.8. The van der Waals surface area contributed by atoms with Crippen molar-refractivity contribution in [1.29, 1.82) is 0 Å². The number of furan rings is 2. The summed E-state index contributed by atoms with van der Waals surface area (Å²) in [6.45, 7) is 0. The van der Waals surface area contributed by atoms with Crippen molar-refractivity contribution in [2.75, 3.05) is 0 Å². The fourth-order valence-electron chi connectivity index (χ4n) is 18.6. The van der Waals surface area contributed by atoms with Gasteiger partial charge in [-0.2, -0.15) is 0 Å². The van der Waals surface area contributed by atoms with E-state index in [-0.39, 0.29) is 0 Å². The van der Waals surface area contributed by atoms with E-state index in [0.717, 1.165) is 151 Å². The fourth-order valence-corrected chi connectivity index (χ4v) is 22.1. The van der Waals surface area contributed by atoms with Crippen LogP contribution in [0.25, 0.3) is 256 Å². The Morgan fingerprint density at radius 3 is 1.19 bits per heavy atom. The van der Waals surface area contributed by atoms with E-state index in [2.05, 4.69) is 308 Å². The molecule has 10 nitrogen and oxygen atoms in total. The Bertz CT molecular complexity index is 9000. The molecule has 134 heavy (non-hydrogen) atoms. The highest BCUT2D eigenvalue weighted by Crippen LogP contribution is 2.49. The molecule has 13 heteroatoms. The molecule has 0 N–H and O–H groups in total. The van der Waals surface area contributed by atoms with E-state index in [9.17, 15) is 0 Å². The number of para-hydroxylation sites is 3. The van der Waals surface area contributed by atoms with Gasteiger partial charge in [-0.25, -0.2) is 34.9 Å². The minimum Gasteiger partial charge on any atom is -0.456 e. The average molecular weight is 1770 g/mol. The molecule has 0 saturated carbocycles. The number of aromatic nitrogens is 8. The number of benzene rings is 18. The lowest BCUT2D eigenvalue weighted by Crippen LogP contribution is -2.00. The topological polar surface area (TPSA) is 121 Å². The lowest BCUT2D eigenvalue weighted by atomic mass is 9.99. The third kappa shape index (κ3) is 14.7. The Morgan fingerprint density at radius 2 is 0.597 bits per heavy atom. The Morgan fingerprint density at radius 1 is 0.201 bits per heavy atom. The summed E-state index contributed by atoms with van der Waals surface area (Å²) in [6.07, 6.45) is 2.14. The van der Waals surface area contributed by atoms with Crippen LogP contribution in [0, 0.1) is 0 Å². The molecule has 27 rings (SSSR count). The van der Waals surface area contributed by atoms with Gasteiger partial charge < -0.3 is 13.4 Å². The van der Waals surface area contributed by atoms with Gasteiger partial charge in [0.15, 0.2) is 29.1 Å². The van der Waals surface area contributed by atoms with Crippen molar-refractivity contribution in [2.24, 2.45) is 0 Å². The molecule has 0 radical (unpaired) electrons. The molecule has 0 aliphatic rings. The number of thiophene rings is 3. The first kappa shape index (κ1) is 79.1. The first-order valence-corrected chi connectivity index (χ1v) is 47.0. The molecule has 0 bridgehead atoms. The summed E-state index contributed by atoms with van der Waals surface area (Å²) < 4.78 is 22.7. The van der Waals surface area contributed by atoms with Gasteiger partial charge in [-0.1, -0.05) is 340 Å². The first-order chi connectivity index (χ1) is 66.4. The highest BCUT2D eigenvalue weighted by molar-refractivity contribution is 7.28. The molecule has 0 amide bonds. The van der Waals surface area contributed by atoms with Crippen LogP contribution in [0.3, 0.4) is 0 Å². The van der Waals surface area contributed by atoms with E-state index in [1.807, 2.05) is 180 Å². The lowest BCUT2D eigenvalue weighted by molar-refractivity contribution is 0.669. The van der Waals surface area contributed by atoms with Crippen LogP contribution in [0.15, 0.2) is 458 Å². The standard InChI is InChI=1S/C42H27N3O.C40H24N2S2.C39H23N3OS/c1-3-10-28(11-4-1)37-27-38(44-42(43-37)30-12-5-2-6-13-30)29-18-21-33(22-19-29)45-25-24-32-26-31(20-23-39(32)45)34-15-9-16-36-35-14-7-8-17-40(35)46-41(34)36;1-3-10-26(11-4-1)32-24-33(42-40(41-32)28-12-5-2-6-13-28)27-20-18-25(19-21-27)29-15-9-16-31-38-36(44-39(29)31)23-22-35-37(38)30-14-7-8-17-34(30)43-35;1-3-10-24(11-4-1)37-40-38(25-12-5-2-6-13-25)42-39(41-37)28-15-9-14-26(22-28)27-18-20-33-30(23-27)36-34(44-33)21-19-32-35(36)29-16-7-8-17-31(29)43-32/h1-27H;1-24H;1-23H. The van der Waals surface area contributed by atoms with Crippen molar-refractivity contribution in [3.8, 4) is 141 Å². The summed E-state index contributed by atoms with van der Waals surface area (Å²) in [7, 11) is 0. The smallest absolute Gasteiger partial charge is 0.164 e. The maximum Gasteiger partial charge on any atom is 0.164 e. The maximum atomic E-state index is 6.32. The van der Waals surface area contributed by atoms with Crippen LogP contribution in [-0.4, -0.2) is 39.5 Å². The molecule has 9 heterocycles. The van der Waals surface area contributed by atoms with Gasteiger partial charge in [0.1, 0.15) is 22.3 Å². The zero-order chi connectivity index (χ0) is 88.5. The lowest BCUT2D eigenvalue weighted by Gasteiger charge is -2.11. The normalized spacial score (nSPS) is 11.6. The van der Waals surface area contributed by atoms with Crippen LogP contribution >= 0.6 is 34.0 Å². The van der Waals surface area contributed by atoms with Gasteiger partial charge >= 0.3 is 0 Å². The van der Waals surface area contributed by atoms with Crippen molar-refractivity contribution >= 4 is 149 Å². The molecular formula is C121H74N8O2S3. The van der Waals surface area contributed by atoms with Crippen molar-refractivity contribution in [2.45, 2.75) is 0 Å². The van der Waals surface area contributed by atoms with Gasteiger partial charge in [0, 0.05) is 155 Å². The Labute approximate surface area is 781 Å². The summed E-state index contributed by atoms with van der Waals surface area (Å²) in [5.41, 5.74) is 25.6. The van der Waals surface area contributed by atoms with E-state index in [0.29, 0.717) is 23.3 Å². The van der Waals surface area contributed by atoms with Gasteiger partial charge in [0.05, 0.1) is 28.3 Å². The highest BCUT2D eigenvalue weighted by atomic mass is 32.1. The van der Waals surface area contributed by atoms with Crippen LogP contribution < -0.4 is 0 Å². The number of hydrogen-bond acceptors (Lipinski definition) is 12. The van der Waals surface area contributed by atoms with E-state index in [4.69, 9.17) is 43.7 Å². The van der Waals surface area contributed by atoms with Gasteiger partial charge in [-0.05, 0) is 131 Å².